The van der Waals surface area contributed by atoms with Crippen LogP contribution in [0.3, 0.4) is 0 Å². The largest absolute Gasteiger partial charge is 0.362 e. The summed E-state index contributed by atoms with van der Waals surface area (Å²) in [6, 6.07) is 3.90. The molecule has 1 aromatic heterocycles. The van der Waals surface area contributed by atoms with E-state index >= 15 is 0 Å². The first-order valence-corrected chi connectivity index (χ1v) is 7.69. The van der Waals surface area contributed by atoms with E-state index in [4.69, 9.17) is 27.7 Å². The van der Waals surface area contributed by atoms with Gasteiger partial charge in [-0.05, 0) is 37.9 Å². The topological polar surface area (TPSA) is 41.3 Å². The predicted molar refractivity (Wildman–Crippen MR) is 80.6 cm³/mol. The number of hydrogen-bond acceptors (Lipinski definition) is 4. The third-order valence-electron chi connectivity index (χ3n) is 4.47. The summed E-state index contributed by atoms with van der Waals surface area (Å²) in [6.45, 7) is 3.52. The number of rotatable bonds is 2. The van der Waals surface area contributed by atoms with Crippen LogP contribution in [0.25, 0.3) is 11.0 Å². The lowest BCUT2D eigenvalue weighted by molar-refractivity contribution is 0.0973. The molecule has 0 radical (unpaired) electrons. The van der Waals surface area contributed by atoms with Crippen molar-refractivity contribution >= 4 is 40.0 Å². The fraction of sp³-hybridized carbons (Fsp3) is 0.500. The third kappa shape index (κ3) is 2.07. The van der Waals surface area contributed by atoms with E-state index in [1.807, 2.05) is 0 Å². The average molecular weight is 312 g/mol. The highest BCUT2D eigenvalue weighted by atomic mass is 35.5. The molecule has 0 spiro atoms. The molecule has 2 aromatic rings. The summed E-state index contributed by atoms with van der Waals surface area (Å²) in [5, 5.41) is 9.62. The van der Waals surface area contributed by atoms with Gasteiger partial charge in [0.15, 0.2) is 11.4 Å². The number of nitrogens with one attached hydrogen (secondary N) is 1. The van der Waals surface area contributed by atoms with E-state index < -0.39 is 0 Å². The highest BCUT2D eigenvalue weighted by Gasteiger charge is 2.34. The van der Waals surface area contributed by atoms with Gasteiger partial charge in [0.25, 0.3) is 0 Å². The number of benzene rings is 1. The standard InChI is InChI=1S/C14H15Cl2N3O/c15-9-5-10(16)13-12(6-9)20-18-14(13)17-11-7-19-3-1-8(11)2-4-19/h5-6,8,11H,1-4,7H2,(H,17,18). The van der Waals surface area contributed by atoms with Gasteiger partial charge in [-0.1, -0.05) is 28.4 Å². The maximum absolute atomic E-state index is 6.27. The molecule has 2 bridgehead atoms. The highest BCUT2D eigenvalue weighted by molar-refractivity contribution is 6.39. The molecular weight excluding hydrogens is 297 g/mol. The monoisotopic (exact) mass is 311 g/mol. The van der Waals surface area contributed by atoms with Crippen molar-refractivity contribution in [3.05, 3.63) is 22.2 Å². The van der Waals surface area contributed by atoms with Gasteiger partial charge in [0.1, 0.15) is 0 Å². The van der Waals surface area contributed by atoms with Crippen molar-refractivity contribution in [1.82, 2.24) is 10.1 Å². The Bertz CT molecular complexity index is 649. The van der Waals surface area contributed by atoms with Gasteiger partial charge in [-0.15, -0.1) is 0 Å². The first-order valence-electron chi connectivity index (χ1n) is 6.94. The van der Waals surface area contributed by atoms with Gasteiger partial charge >= 0.3 is 0 Å². The van der Waals surface area contributed by atoms with Crippen LogP contribution in [-0.4, -0.2) is 35.7 Å². The van der Waals surface area contributed by atoms with Crippen molar-refractivity contribution in [2.75, 3.05) is 25.0 Å². The summed E-state index contributed by atoms with van der Waals surface area (Å²) in [5.74, 6) is 1.46. The van der Waals surface area contributed by atoms with E-state index in [1.165, 1.54) is 25.9 Å². The molecule has 4 heterocycles. The molecule has 6 heteroatoms. The molecule has 1 atom stereocenters. The summed E-state index contributed by atoms with van der Waals surface area (Å²) >= 11 is 12.2. The van der Waals surface area contributed by atoms with Crippen molar-refractivity contribution < 1.29 is 4.52 Å². The number of nitrogens with zero attached hydrogens (tertiary/aromatic N) is 2. The van der Waals surface area contributed by atoms with Gasteiger partial charge in [-0.3, -0.25) is 0 Å². The van der Waals surface area contributed by atoms with Crippen molar-refractivity contribution in [3.8, 4) is 0 Å². The van der Waals surface area contributed by atoms with Crippen LogP contribution in [0.15, 0.2) is 16.7 Å². The number of hydrogen-bond donors (Lipinski definition) is 1. The summed E-state index contributed by atoms with van der Waals surface area (Å²) in [5.41, 5.74) is 0.631. The molecule has 4 nitrogen and oxygen atoms in total. The Morgan fingerprint density at radius 3 is 2.75 bits per heavy atom. The molecule has 3 saturated heterocycles. The number of anilines is 1. The number of halogens is 2. The molecule has 3 aliphatic rings. The van der Waals surface area contributed by atoms with E-state index in [1.54, 1.807) is 12.1 Å². The molecule has 106 valence electrons. The minimum atomic E-state index is 0.428. The van der Waals surface area contributed by atoms with Gasteiger partial charge in [-0.2, -0.15) is 0 Å². The second-order valence-electron chi connectivity index (χ2n) is 5.68. The van der Waals surface area contributed by atoms with Crippen LogP contribution in [0.2, 0.25) is 10.0 Å². The molecule has 20 heavy (non-hydrogen) atoms. The molecule has 0 saturated carbocycles. The van der Waals surface area contributed by atoms with E-state index in [0.29, 0.717) is 21.7 Å². The van der Waals surface area contributed by atoms with Gasteiger partial charge in [0, 0.05) is 23.7 Å². The van der Waals surface area contributed by atoms with Crippen LogP contribution in [-0.2, 0) is 0 Å². The van der Waals surface area contributed by atoms with E-state index in [0.717, 1.165) is 23.7 Å². The molecule has 1 aromatic carbocycles. The molecule has 3 fully saturated rings. The number of fused-ring (bicyclic) bond motifs is 4. The van der Waals surface area contributed by atoms with Crippen molar-refractivity contribution in [2.45, 2.75) is 18.9 Å². The number of piperidine rings is 3. The fourth-order valence-electron chi connectivity index (χ4n) is 3.40. The first kappa shape index (κ1) is 12.7. The van der Waals surface area contributed by atoms with E-state index in [2.05, 4.69) is 15.4 Å². The van der Waals surface area contributed by atoms with Crippen LogP contribution in [0, 0.1) is 5.92 Å². The van der Waals surface area contributed by atoms with Gasteiger partial charge in [0.2, 0.25) is 0 Å². The first-order chi connectivity index (χ1) is 9.70. The second kappa shape index (κ2) is 4.79. The molecule has 0 amide bonds. The molecular formula is C14H15Cl2N3O. The maximum atomic E-state index is 6.27. The minimum absolute atomic E-state index is 0.428. The zero-order chi connectivity index (χ0) is 13.7. The normalized spacial score (nSPS) is 29.0. The van der Waals surface area contributed by atoms with Crippen LogP contribution in [0.5, 0.6) is 0 Å². The summed E-state index contributed by atoms with van der Waals surface area (Å²) in [6.07, 6.45) is 2.51. The smallest absolute Gasteiger partial charge is 0.179 e. The zero-order valence-corrected chi connectivity index (χ0v) is 12.4. The SMILES string of the molecule is Clc1cc(Cl)c2c(NC3CN4CCC3CC4)noc2c1. The summed E-state index contributed by atoms with van der Waals surface area (Å²) in [4.78, 5) is 2.50. The van der Waals surface area contributed by atoms with Crippen LogP contribution in [0.1, 0.15) is 12.8 Å². The molecule has 5 rings (SSSR count). The Hall–Kier alpha value is -0.970. The zero-order valence-electron chi connectivity index (χ0n) is 10.9. The fourth-order valence-corrected chi connectivity index (χ4v) is 3.96. The minimum Gasteiger partial charge on any atom is -0.362 e. The molecule has 1 unspecified atom stereocenters. The molecule has 0 aliphatic carbocycles. The Labute approximate surface area is 127 Å². The Balaban J connectivity index is 1.66. The number of aromatic nitrogens is 1. The van der Waals surface area contributed by atoms with Crippen molar-refractivity contribution in [1.29, 1.82) is 0 Å². The predicted octanol–water partition coefficient (Wildman–Crippen LogP) is 3.64. The third-order valence-corrected chi connectivity index (χ3v) is 4.99. The van der Waals surface area contributed by atoms with Crippen LogP contribution in [0.4, 0.5) is 5.82 Å². The van der Waals surface area contributed by atoms with Crippen molar-refractivity contribution in [3.63, 3.8) is 0 Å². The lowest BCUT2D eigenvalue weighted by Gasteiger charge is -2.44. The van der Waals surface area contributed by atoms with Gasteiger partial charge < -0.3 is 14.7 Å². The lowest BCUT2D eigenvalue weighted by Crippen LogP contribution is -2.53. The Kier molecular flexibility index (Phi) is 3.05. The van der Waals surface area contributed by atoms with Gasteiger partial charge in [0.05, 0.1) is 10.4 Å². The Morgan fingerprint density at radius 2 is 2.05 bits per heavy atom. The lowest BCUT2D eigenvalue weighted by atomic mass is 9.84. The van der Waals surface area contributed by atoms with Gasteiger partial charge in [-0.25, -0.2) is 0 Å². The summed E-state index contributed by atoms with van der Waals surface area (Å²) in [7, 11) is 0. The quantitative estimate of drug-likeness (QED) is 0.919. The Morgan fingerprint density at radius 1 is 1.25 bits per heavy atom. The van der Waals surface area contributed by atoms with E-state index in [9.17, 15) is 0 Å². The highest BCUT2D eigenvalue weighted by Crippen LogP contribution is 2.35. The molecule has 3 aliphatic heterocycles. The molecule has 1 N–H and O–H groups in total. The maximum Gasteiger partial charge on any atom is 0.179 e. The average Bonchev–Trinajstić information content (AvgIpc) is 2.83. The van der Waals surface area contributed by atoms with Crippen LogP contribution >= 0.6 is 23.2 Å². The summed E-state index contributed by atoms with van der Waals surface area (Å²) < 4.78 is 5.34. The van der Waals surface area contributed by atoms with Crippen molar-refractivity contribution in [2.24, 2.45) is 5.92 Å². The second-order valence-corrected chi connectivity index (χ2v) is 6.52. The van der Waals surface area contributed by atoms with E-state index in [-0.39, 0.29) is 0 Å². The van der Waals surface area contributed by atoms with Crippen LogP contribution < -0.4 is 5.32 Å².